The van der Waals surface area contributed by atoms with Crippen LogP contribution < -0.4 is 0 Å². The van der Waals surface area contributed by atoms with Crippen LogP contribution in [0.5, 0.6) is 0 Å². The first-order chi connectivity index (χ1) is 15.1. The van der Waals surface area contributed by atoms with Crippen LogP contribution in [-0.4, -0.2) is 37.4 Å². The second-order valence-corrected chi connectivity index (χ2v) is 11.9. The van der Waals surface area contributed by atoms with Crippen LogP contribution in [0.25, 0.3) is 0 Å². The molecule has 0 N–H and O–H groups in total. The summed E-state index contributed by atoms with van der Waals surface area (Å²) in [6.07, 6.45) is 22.9. The van der Waals surface area contributed by atoms with Gasteiger partial charge in [-0.25, -0.2) is 16.8 Å². The fourth-order valence-electron chi connectivity index (χ4n) is 3.53. The Hall–Kier alpha value is 0.326. The molecular weight excluding hydrogens is 507 g/mol. The summed E-state index contributed by atoms with van der Waals surface area (Å²) in [6.45, 7) is 4.42. The molecule has 203 valence electrons. The van der Waals surface area contributed by atoms with Crippen molar-refractivity contribution in [3.8, 4) is 0 Å². The Bertz CT molecular complexity index is 528. The van der Waals surface area contributed by atoms with Crippen LogP contribution in [0.3, 0.4) is 0 Å². The van der Waals surface area contributed by atoms with Crippen LogP contribution in [0, 0.1) is 0 Å². The minimum absolute atomic E-state index is 0. The van der Waals surface area contributed by atoms with E-state index < -0.39 is 20.2 Å². The van der Waals surface area contributed by atoms with Gasteiger partial charge in [-0.1, -0.05) is 129 Å². The maximum atomic E-state index is 10.3. The van der Waals surface area contributed by atoms with E-state index in [2.05, 4.69) is 13.8 Å². The molecule has 0 heterocycles. The van der Waals surface area contributed by atoms with Crippen LogP contribution in [-0.2, 0) is 37.0 Å². The van der Waals surface area contributed by atoms with Crippen molar-refractivity contribution in [1.82, 2.24) is 0 Å². The summed E-state index contributed by atoms with van der Waals surface area (Å²) in [7, 11) is -7.96. The van der Waals surface area contributed by atoms with Gasteiger partial charge in [-0.3, -0.25) is 0 Å². The molecule has 0 amide bonds. The Kier molecular flexibility index (Phi) is 30.9. The first-order valence-electron chi connectivity index (χ1n) is 13.0. The summed E-state index contributed by atoms with van der Waals surface area (Å²) in [5.41, 5.74) is 0. The predicted molar refractivity (Wildman–Crippen MR) is 133 cm³/mol. The SMILES string of the molecule is CCCCCCCCCCCCS(=O)(=O)[O-].CCCCCCCCCCCCS(=O)(=O)[O-].[Co+2]. The largest absolute Gasteiger partial charge is 2.00 e. The van der Waals surface area contributed by atoms with Crippen molar-refractivity contribution in [2.45, 2.75) is 142 Å². The topological polar surface area (TPSA) is 114 Å². The summed E-state index contributed by atoms with van der Waals surface area (Å²) in [5.74, 6) is -0.382. The van der Waals surface area contributed by atoms with Crippen molar-refractivity contribution in [2.24, 2.45) is 0 Å². The molecule has 9 heteroatoms. The third kappa shape index (κ3) is 42.9. The average molecular weight is 558 g/mol. The van der Waals surface area contributed by atoms with Gasteiger partial charge in [0.05, 0.1) is 20.2 Å². The van der Waals surface area contributed by atoms with Crippen molar-refractivity contribution >= 4 is 20.2 Å². The van der Waals surface area contributed by atoms with Crippen molar-refractivity contribution in [3.05, 3.63) is 0 Å². The first kappa shape index (κ1) is 37.9. The molecule has 0 saturated heterocycles. The minimum atomic E-state index is -3.98. The zero-order valence-electron chi connectivity index (χ0n) is 21.2. The molecular formula is C24H50CoO6S2. The molecule has 0 bridgehead atoms. The van der Waals surface area contributed by atoms with E-state index in [4.69, 9.17) is 0 Å². The summed E-state index contributed by atoms with van der Waals surface area (Å²) < 4.78 is 61.9. The fourth-order valence-corrected chi connectivity index (χ4v) is 4.65. The number of rotatable bonds is 22. The Morgan fingerprint density at radius 1 is 0.394 bits per heavy atom. The van der Waals surface area contributed by atoms with E-state index in [1.165, 1.54) is 89.9 Å². The quantitative estimate of drug-likeness (QED) is 0.106. The van der Waals surface area contributed by atoms with Gasteiger partial charge in [-0.15, -0.1) is 0 Å². The Morgan fingerprint density at radius 3 is 0.758 bits per heavy atom. The molecule has 0 fully saturated rings. The van der Waals surface area contributed by atoms with Crippen molar-refractivity contribution in [3.63, 3.8) is 0 Å². The maximum absolute atomic E-state index is 10.3. The molecule has 1 radical (unpaired) electrons. The van der Waals surface area contributed by atoms with E-state index in [0.29, 0.717) is 12.8 Å². The smallest absolute Gasteiger partial charge is 0.748 e. The molecule has 0 saturated carbocycles. The van der Waals surface area contributed by atoms with Gasteiger partial charge >= 0.3 is 16.8 Å². The molecule has 0 aromatic carbocycles. The molecule has 0 aliphatic rings. The molecule has 0 aromatic heterocycles. The normalized spacial score (nSPS) is 11.5. The molecule has 0 rings (SSSR count). The van der Waals surface area contributed by atoms with Crippen LogP contribution in [0.1, 0.15) is 142 Å². The maximum Gasteiger partial charge on any atom is 2.00 e. The van der Waals surface area contributed by atoms with Gasteiger partial charge in [0.15, 0.2) is 0 Å². The monoisotopic (exact) mass is 557 g/mol. The van der Waals surface area contributed by atoms with Crippen molar-refractivity contribution < 1.29 is 42.7 Å². The first-order valence-corrected chi connectivity index (χ1v) is 16.1. The second-order valence-electron chi connectivity index (χ2n) is 8.89. The average Bonchev–Trinajstić information content (AvgIpc) is 2.70. The van der Waals surface area contributed by atoms with Crippen LogP contribution in [0.2, 0.25) is 0 Å². The zero-order valence-corrected chi connectivity index (χ0v) is 23.8. The molecule has 0 aliphatic carbocycles. The van der Waals surface area contributed by atoms with E-state index in [-0.39, 0.29) is 28.3 Å². The van der Waals surface area contributed by atoms with Crippen LogP contribution >= 0.6 is 0 Å². The van der Waals surface area contributed by atoms with Gasteiger partial charge in [-0.2, -0.15) is 0 Å². The molecule has 0 unspecified atom stereocenters. The van der Waals surface area contributed by atoms with Gasteiger partial charge in [0.1, 0.15) is 0 Å². The Morgan fingerprint density at radius 2 is 0.576 bits per heavy atom. The number of hydrogen-bond acceptors (Lipinski definition) is 6. The van der Waals surface area contributed by atoms with E-state index in [9.17, 15) is 25.9 Å². The molecule has 0 atom stereocenters. The van der Waals surface area contributed by atoms with Crippen molar-refractivity contribution in [2.75, 3.05) is 11.5 Å². The summed E-state index contributed by atoms with van der Waals surface area (Å²) in [4.78, 5) is 0. The Labute approximate surface area is 216 Å². The summed E-state index contributed by atoms with van der Waals surface area (Å²) in [6, 6.07) is 0. The standard InChI is InChI=1S/2C12H26O3S.Co/c2*1-2-3-4-5-6-7-8-9-10-11-12-16(13,14)15;/h2*2-12H2,1H3,(H,13,14,15);/q;;+2/p-2. The van der Waals surface area contributed by atoms with Crippen LogP contribution in [0.4, 0.5) is 0 Å². The zero-order chi connectivity index (χ0) is 24.6. The predicted octanol–water partition coefficient (Wildman–Crippen LogP) is 6.90. The fraction of sp³-hybridized carbons (Fsp3) is 1.00. The molecule has 0 aliphatic heterocycles. The van der Waals surface area contributed by atoms with Gasteiger partial charge < -0.3 is 9.11 Å². The van der Waals surface area contributed by atoms with E-state index in [1.54, 1.807) is 0 Å². The van der Waals surface area contributed by atoms with Gasteiger partial charge in [0, 0.05) is 11.5 Å². The molecule has 0 spiro atoms. The van der Waals surface area contributed by atoms with Crippen LogP contribution in [0.15, 0.2) is 0 Å². The van der Waals surface area contributed by atoms with Gasteiger partial charge in [-0.05, 0) is 12.8 Å². The van der Waals surface area contributed by atoms with Crippen molar-refractivity contribution in [1.29, 1.82) is 0 Å². The summed E-state index contributed by atoms with van der Waals surface area (Å²) >= 11 is 0. The van der Waals surface area contributed by atoms with E-state index in [1.807, 2.05) is 0 Å². The molecule has 6 nitrogen and oxygen atoms in total. The Balaban J connectivity index is -0.000000529. The third-order valence-electron chi connectivity index (χ3n) is 5.50. The van der Waals surface area contributed by atoms with Gasteiger partial charge in [0.2, 0.25) is 0 Å². The third-order valence-corrected chi connectivity index (χ3v) is 7.07. The number of hydrogen-bond donors (Lipinski definition) is 0. The summed E-state index contributed by atoms with van der Waals surface area (Å²) in [5, 5.41) is 0. The molecule has 33 heavy (non-hydrogen) atoms. The van der Waals surface area contributed by atoms with E-state index in [0.717, 1.165) is 25.7 Å². The minimum Gasteiger partial charge on any atom is -0.748 e. The number of unbranched alkanes of at least 4 members (excludes halogenated alkanes) is 18. The van der Waals surface area contributed by atoms with Gasteiger partial charge in [0.25, 0.3) is 0 Å². The van der Waals surface area contributed by atoms with E-state index >= 15 is 0 Å². The second kappa shape index (κ2) is 26.9. The molecule has 0 aromatic rings.